The third-order valence-electron chi connectivity index (χ3n) is 2.77. The molecule has 2 rings (SSSR count). The number of nitrogens with two attached hydrogens (primary N) is 1. The van der Waals surface area contributed by atoms with Crippen LogP contribution in [0.2, 0.25) is 0 Å². The first-order valence-corrected chi connectivity index (χ1v) is 5.56. The molecular weight excluding hydrogens is 220 g/mol. The number of nitrogens with zero attached hydrogens (tertiary/aromatic N) is 2. The molecular formula is C11H16N4O2. The summed E-state index contributed by atoms with van der Waals surface area (Å²) in [4.78, 5) is 19.7. The van der Waals surface area contributed by atoms with Crippen LogP contribution in [0.15, 0.2) is 0 Å². The second kappa shape index (κ2) is 4.57. The molecule has 0 aliphatic heterocycles. The second-order valence-electron chi connectivity index (χ2n) is 4.14. The zero-order chi connectivity index (χ0) is 12.4. The van der Waals surface area contributed by atoms with E-state index in [2.05, 4.69) is 20.0 Å². The minimum Gasteiger partial charge on any atom is -0.468 e. The maximum atomic E-state index is 11.1. The van der Waals surface area contributed by atoms with Crippen LogP contribution in [-0.2, 0) is 9.53 Å². The number of methoxy groups -OCH3 is 1. The van der Waals surface area contributed by atoms with Crippen molar-refractivity contribution in [1.82, 2.24) is 9.97 Å². The first kappa shape index (κ1) is 11.6. The van der Waals surface area contributed by atoms with Gasteiger partial charge in [0.25, 0.3) is 0 Å². The number of ether oxygens (including phenoxy) is 1. The average molecular weight is 236 g/mol. The Kier molecular flexibility index (Phi) is 3.12. The average Bonchev–Trinajstić information content (AvgIpc) is 3.14. The molecule has 0 aromatic carbocycles. The van der Waals surface area contributed by atoms with Crippen LogP contribution >= 0.6 is 0 Å². The van der Waals surface area contributed by atoms with Crippen LogP contribution < -0.4 is 11.1 Å². The number of nitrogen functional groups attached to an aromatic ring is 1. The number of carbonyl (C=O) groups excluding carboxylic acids is 1. The number of carbonyl (C=O) groups is 1. The Bertz CT molecular complexity index is 443. The maximum absolute atomic E-state index is 11.1. The minimum atomic E-state index is -0.338. The van der Waals surface area contributed by atoms with Crippen LogP contribution in [0.3, 0.4) is 0 Å². The van der Waals surface area contributed by atoms with Crippen LogP contribution in [0.5, 0.6) is 0 Å². The number of aromatic nitrogens is 2. The highest BCUT2D eigenvalue weighted by Crippen LogP contribution is 2.39. The molecule has 1 aromatic rings. The summed E-state index contributed by atoms with van der Waals surface area (Å²) in [7, 11) is 1.35. The number of nitrogens with one attached hydrogen (secondary N) is 1. The molecule has 0 amide bonds. The predicted molar refractivity (Wildman–Crippen MR) is 63.7 cm³/mol. The SMILES string of the molecule is COC(=O)CNc1nc(C2CC2)nc(N)c1C. The molecule has 6 heteroatoms. The highest BCUT2D eigenvalue weighted by molar-refractivity contribution is 5.75. The molecule has 1 fully saturated rings. The van der Waals surface area contributed by atoms with Gasteiger partial charge in [-0.1, -0.05) is 0 Å². The Balaban J connectivity index is 2.16. The van der Waals surface area contributed by atoms with Gasteiger partial charge in [0.1, 0.15) is 24.0 Å². The van der Waals surface area contributed by atoms with Crippen LogP contribution in [0, 0.1) is 6.92 Å². The fourth-order valence-corrected chi connectivity index (χ4v) is 1.48. The van der Waals surface area contributed by atoms with Crippen molar-refractivity contribution in [3.63, 3.8) is 0 Å². The van der Waals surface area contributed by atoms with Crippen molar-refractivity contribution < 1.29 is 9.53 Å². The highest BCUT2D eigenvalue weighted by atomic mass is 16.5. The molecule has 1 saturated carbocycles. The van der Waals surface area contributed by atoms with E-state index in [0.29, 0.717) is 17.6 Å². The van der Waals surface area contributed by atoms with Crippen molar-refractivity contribution in [3.8, 4) is 0 Å². The molecule has 0 atom stereocenters. The smallest absolute Gasteiger partial charge is 0.325 e. The van der Waals surface area contributed by atoms with E-state index in [1.165, 1.54) is 7.11 Å². The largest absolute Gasteiger partial charge is 0.468 e. The van der Waals surface area contributed by atoms with Crippen molar-refractivity contribution >= 4 is 17.6 Å². The number of hydrogen-bond acceptors (Lipinski definition) is 6. The van der Waals surface area contributed by atoms with Crippen molar-refractivity contribution in [1.29, 1.82) is 0 Å². The van der Waals surface area contributed by atoms with Crippen molar-refractivity contribution in [2.75, 3.05) is 24.7 Å². The van der Waals surface area contributed by atoms with Gasteiger partial charge in [-0.2, -0.15) is 0 Å². The number of rotatable bonds is 4. The molecule has 0 radical (unpaired) electrons. The summed E-state index contributed by atoms with van der Waals surface area (Å²) < 4.78 is 4.56. The van der Waals surface area contributed by atoms with Gasteiger partial charge in [-0.25, -0.2) is 9.97 Å². The second-order valence-corrected chi connectivity index (χ2v) is 4.14. The van der Waals surface area contributed by atoms with Crippen LogP contribution in [-0.4, -0.2) is 29.6 Å². The number of anilines is 2. The van der Waals surface area contributed by atoms with Gasteiger partial charge in [0.15, 0.2) is 0 Å². The lowest BCUT2D eigenvalue weighted by Gasteiger charge is -2.10. The quantitative estimate of drug-likeness (QED) is 0.752. The summed E-state index contributed by atoms with van der Waals surface area (Å²) in [6.45, 7) is 1.91. The lowest BCUT2D eigenvalue weighted by atomic mass is 10.3. The summed E-state index contributed by atoms with van der Waals surface area (Å²) in [6.07, 6.45) is 2.22. The minimum absolute atomic E-state index is 0.0812. The lowest BCUT2D eigenvalue weighted by molar-refractivity contribution is -0.138. The first-order chi connectivity index (χ1) is 8.11. The third-order valence-corrected chi connectivity index (χ3v) is 2.77. The molecule has 17 heavy (non-hydrogen) atoms. The van der Waals surface area contributed by atoms with E-state index in [4.69, 9.17) is 5.73 Å². The normalized spacial score (nSPS) is 14.5. The van der Waals surface area contributed by atoms with E-state index in [1.807, 2.05) is 6.92 Å². The standard InChI is InChI=1S/C11H16N4O2/c1-6-9(12)14-11(7-3-4-7)15-10(6)13-5-8(16)17-2/h7H,3-5H2,1-2H3,(H3,12,13,14,15). The topological polar surface area (TPSA) is 90.1 Å². The Morgan fingerprint density at radius 1 is 1.53 bits per heavy atom. The third kappa shape index (κ3) is 2.64. The van der Waals surface area contributed by atoms with Gasteiger partial charge in [0.05, 0.1) is 7.11 Å². The summed E-state index contributed by atoms with van der Waals surface area (Å²) in [6, 6.07) is 0. The number of esters is 1. The van der Waals surface area contributed by atoms with E-state index in [9.17, 15) is 4.79 Å². The molecule has 1 aliphatic rings. The maximum Gasteiger partial charge on any atom is 0.325 e. The molecule has 0 unspecified atom stereocenters. The zero-order valence-electron chi connectivity index (χ0n) is 9.99. The molecule has 1 heterocycles. The summed E-state index contributed by atoms with van der Waals surface area (Å²) in [5.74, 6) is 1.94. The summed E-state index contributed by atoms with van der Waals surface area (Å²) in [5, 5.41) is 2.92. The molecule has 3 N–H and O–H groups in total. The van der Waals surface area contributed by atoms with Crippen molar-refractivity contribution in [3.05, 3.63) is 11.4 Å². The Labute approximate surface area is 99.6 Å². The molecule has 0 spiro atoms. The summed E-state index contributed by atoms with van der Waals surface area (Å²) >= 11 is 0. The van der Waals surface area contributed by atoms with Gasteiger partial charge in [-0.05, 0) is 19.8 Å². The van der Waals surface area contributed by atoms with E-state index in [-0.39, 0.29) is 12.5 Å². The van der Waals surface area contributed by atoms with Gasteiger partial charge in [0.2, 0.25) is 0 Å². The molecule has 0 bridgehead atoms. The van der Waals surface area contributed by atoms with Crippen LogP contribution in [0.4, 0.5) is 11.6 Å². The molecule has 1 aliphatic carbocycles. The van der Waals surface area contributed by atoms with Crippen molar-refractivity contribution in [2.45, 2.75) is 25.7 Å². The predicted octanol–water partition coefficient (Wildman–Crippen LogP) is 0.830. The number of hydrogen-bond donors (Lipinski definition) is 2. The monoisotopic (exact) mass is 236 g/mol. The molecule has 6 nitrogen and oxygen atoms in total. The van der Waals surface area contributed by atoms with E-state index in [1.54, 1.807) is 0 Å². The molecule has 92 valence electrons. The Hall–Kier alpha value is -1.85. The van der Waals surface area contributed by atoms with E-state index >= 15 is 0 Å². The van der Waals surface area contributed by atoms with Gasteiger partial charge in [-0.15, -0.1) is 0 Å². The lowest BCUT2D eigenvalue weighted by Crippen LogP contribution is -2.17. The zero-order valence-corrected chi connectivity index (χ0v) is 9.99. The Morgan fingerprint density at radius 2 is 2.24 bits per heavy atom. The van der Waals surface area contributed by atoms with Crippen molar-refractivity contribution in [2.24, 2.45) is 0 Å². The van der Waals surface area contributed by atoms with E-state index < -0.39 is 0 Å². The van der Waals surface area contributed by atoms with Gasteiger partial charge in [-0.3, -0.25) is 4.79 Å². The molecule has 1 aromatic heterocycles. The summed E-state index contributed by atoms with van der Waals surface area (Å²) in [5.41, 5.74) is 6.58. The highest BCUT2D eigenvalue weighted by Gasteiger charge is 2.27. The van der Waals surface area contributed by atoms with E-state index in [0.717, 1.165) is 24.2 Å². The fraction of sp³-hybridized carbons (Fsp3) is 0.545. The molecule has 0 saturated heterocycles. The van der Waals surface area contributed by atoms with Crippen LogP contribution in [0.25, 0.3) is 0 Å². The fourth-order valence-electron chi connectivity index (χ4n) is 1.48. The van der Waals surface area contributed by atoms with Crippen LogP contribution in [0.1, 0.15) is 30.1 Å². The van der Waals surface area contributed by atoms with Gasteiger partial charge >= 0.3 is 5.97 Å². The van der Waals surface area contributed by atoms with Gasteiger partial charge < -0.3 is 15.8 Å². The van der Waals surface area contributed by atoms with Gasteiger partial charge in [0, 0.05) is 11.5 Å². The first-order valence-electron chi connectivity index (χ1n) is 5.56. The Morgan fingerprint density at radius 3 is 2.82 bits per heavy atom.